The zero-order valence-electron chi connectivity index (χ0n) is 11.2. The molecule has 5 nitrogen and oxygen atoms in total. The molecule has 1 heterocycles. The molecule has 1 aromatic heterocycles. The highest BCUT2D eigenvalue weighted by molar-refractivity contribution is 7.98. The van der Waals surface area contributed by atoms with Crippen LogP contribution in [0.25, 0.3) is 6.08 Å². The molecule has 1 aromatic rings. The molecule has 0 aliphatic heterocycles. The molecule has 18 heavy (non-hydrogen) atoms. The average Bonchev–Trinajstić information content (AvgIpc) is 2.58. The molecule has 6 heteroatoms. The number of carboxylic acids is 1. The van der Waals surface area contributed by atoms with Gasteiger partial charge in [0.2, 0.25) is 0 Å². The fraction of sp³-hybridized carbons (Fsp3) is 0.500. The van der Waals surface area contributed by atoms with Gasteiger partial charge in [0, 0.05) is 38.0 Å². The van der Waals surface area contributed by atoms with E-state index in [1.54, 1.807) is 22.5 Å². The van der Waals surface area contributed by atoms with E-state index in [1.807, 2.05) is 21.0 Å². The summed E-state index contributed by atoms with van der Waals surface area (Å²) in [5, 5.41) is 13.1. The quantitative estimate of drug-likeness (QED) is 0.795. The van der Waals surface area contributed by atoms with Gasteiger partial charge in [-0.25, -0.2) is 4.79 Å². The first-order valence-electron chi connectivity index (χ1n) is 5.62. The Morgan fingerprint density at radius 3 is 2.83 bits per heavy atom. The largest absolute Gasteiger partial charge is 0.478 e. The Kier molecular flexibility index (Phi) is 5.27. The number of carboxylic acid groups (broad SMARTS) is 1. The molecule has 0 aliphatic carbocycles. The van der Waals surface area contributed by atoms with Crippen molar-refractivity contribution in [2.24, 2.45) is 7.05 Å². The second kappa shape index (κ2) is 6.49. The van der Waals surface area contributed by atoms with Gasteiger partial charge in [0.05, 0.1) is 5.69 Å². The molecule has 100 valence electrons. The number of rotatable bonds is 6. The SMILES string of the molecule is CSCCN(C)c1c(/C=C/C(=O)O)c(C)nn1C. The number of anilines is 1. The van der Waals surface area contributed by atoms with Crippen LogP contribution in [0.2, 0.25) is 0 Å². The molecule has 0 fully saturated rings. The van der Waals surface area contributed by atoms with Crippen LogP contribution in [0.4, 0.5) is 5.82 Å². The van der Waals surface area contributed by atoms with E-state index in [-0.39, 0.29) is 0 Å². The van der Waals surface area contributed by atoms with E-state index in [9.17, 15) is 4.79 Å². The fourth-order valence-electron chi connectivity index (χ4n) is 1.80. The van der Waals surface area contributed by atoms with Gasteiger partial charge in [-0.05, 0) is 19.3 Å². The minimum atomic E-state index is -0.948. The van der Waals surface area contributed by atoms with E-state index in [1.165, 1.54) is 0 Å². The minimum absolute atomic E-state index is 0.834. The van der Waals surface area contributed by atoms with Crippen LogP contribution < -0.4 is 4.90 Å². The van der Waals surface area contributed by atoms with E-state index in [4.69, 9.17) is 5.11 Å². The topological polar surface area (TPSA) is 58.4 Å². The molecule has 0 bridgehead atoms. The van der Waals surface area contributed by atoms with Crippen LogP contribution in [0.3, 0.4) is 0 Å². The molecule has 0 radical (unpaired) electrons. The average molecular weight is 269 g/mol. The van der Waals surface area contributed by atoms with Crippen molar-refractivity contribution in [3.05, 3.63) is 17.3 Å². The molecule has 0 spiro atoms. The molecular formula is C12H19N3O2S. The standard InChI is InChI=1S/C12H19N3O2S/c1-9-10(5-6-11(16)17)12(15(3)13-9)14(2)7-8-18-4/h5-6H,7-8H2,1-4H3,(H,16,17)/b6-5+. The Bertz CT molecular complexity index is 454. The summed E-state index contributed by atoms with van der Waals surface area (Å²) in [6.45, 7) is 2.78. The Hall–Kier alpha value is -1.43. The van der Waals surface area contributed by atoms with Gasteiger partial charge in [-0.1, -0.05) is 0 Å². The Labute approximate surface area is 111 Å². The maximum Gasteiger partial charge on any atom is 0.328 e. The first-order chi connectivity index (χ1) is 8.47. The summed E-state index contributed by atoms with van der Waals surface area (Å²) in [5.41, 5.74) is 1.70. The number of aliphatic carboxylic acids is 1. The molecule has 0 aromatic carbocycles. The van der Waals surface area contributed by atoms with Crippen molar-refractivity contribution < 1.29 is 9.90 Å². The molecule has 1 N–H and O–H groups in total. The zero-order chi connectivity index (χ0) is 13.7. The summed E-state index contributed by atoms with van der Waals surface area (Å²) in [7, 11) is 3.86. The van der Waals surface area contributed by atoms with E-state index in [0.717, 1.165) is 35.4 Å². The molecule has 0 amide bonds. The summed E-state index contributed by atoms with van der Waals surface area (Å²) in [4.78, 5) is 12.7. The maximum atomic E-state index is 10.6. The lowest BCUT2D eigenvalue weighted by Gasteiger charge is -2.19. The van der Waals surface area contributed by atoms with Crippen LogP contribution in [0.15, 0.2) is 6.08 Å². The van der Waals surface area contributed by atoms with Gasteiger partial charge in [-0.15, -0.1) is 0 Å². The zero-order valence-corrected chi connectivity index (χ0v) is 12.0. The second-order valence-corrected chi connectivity index (χ2v) is 5.02. The molecule has 0 saturated heterocycles. The van der Waals surface area contributed by atoms with Crippen LogP contribution in [-0.2, 0) is 11.8 Å². The molecule has 0 unspecified atom stereocenters. The first-order valence-corrected chi connectivity index (χ1v) is 7.01. The van der Waals surface area contributed by atoms with Gasteiger partial charge in [0.1, 0.15) is 5.82 Å². The van der Waals surface area contributed by atoms with Crippen molar-refractivity contribution in [2.75, 3.05) is 30.5 Å². The number of thioether (sulfide) groups is 1. The number of carbonyl (C=O) groups is 1. The van der Waals surface area contributed by atoms with Gasteiger partial charge >= 0.3 is 5.97 Å². The summed E-state index contributed by atoms with van der Waals surface area (Å²) >= 11 is 1.78. The van der Waals surface area contributed by atoms with E-state index in [0.29, 0.717) is 0 Å². The van der Waals surface area contributed by atoms with Crippen molar-refractivity contribution in [1.82, 2.24) is 9.78 Å². The maximum absolute atomic E-state index is 10.6. The predicted molar refractivity (Wildman–Crippen MR) is 76.3 cm³/mol. The van der Waals surface area contributed by atoms with E-state index in [2.05, 4.69) is 16.3 Å². The molecule has 0 saturated carbocycles. The molecular weight excluding hydrogens is 250 g/mol. The smallest absolute Gasteiger partial charge is 0.328 e. The van der Waals surface area contributed by atoms with Crippen LogP contribution in [0, 0.1) is 6.92 Å². The van der Waals surface area contributed by atoms with Crippen molar-refractivity contribution in [3.8, 4) is 0 Å². The summed E-state index contributed by atoms with van der Waals surface area (Å²) in [6.07, 6.45) is 4.82. The molecule has 0 aliphatic rings. The fourth-order valence-corrected chi connectivity index (χ4v) is 2.26. The van der Waals surface area contributed by atoms with Crippen molar-refractivity contribution in [3.63, 3.8) is 0 Å². The number of nitrogens with zero attached hydrogens (tertiary/aromatic N) is 3. The highest BCUT2D eigenvalue weighted by Crippen LogP contribution is 2.23. The van der Waals surface area contributed by atoms with Crippen LogP contribution in [-0.4, -0.2) is 46.5 Å². The third kappa shape index (κ3) is 3.53. The highest BCUT2D eigenvalue weighted by Gasteiger charge is 2.14. The van der Waals surface area contributed by atoms with E-state index >= 15 is 0 Å². The van der Waals surface area contributed by atoms with Crippen LogP contribution in [0.5, 0.6) is 0 Å². The third-order valence-corrected chi connectivity index (χ3v) is 3.21. The highest BCUT2D eigenvalue weighted by atomic mass is 32.2. The van der Waals surface area contributed by atoms with Gasteiger partial charge in [-0.3, -0.25) is 4.68 Å². The second-order valence-electron chi connectivity index (χ2n) is 4.03. The Morgan fingerprint density at radius 1 is 1.61 bits per heavy atom. The van der Waals surface area contributed by atoms with Crippen molar-refractivity contribution in [2.45, 2.75) is 6.92 Å². The predicted octanol–water partition coefficient (Wildman–Crippen LogP) is 1.63. The summed E-state index contributed by atoms with van der Waals surface area (Å²) < 4.78 is 1.79. The van der Waals surface area contributed by atoms with Gasteiger partial charge < -0.3 is 10.0 Å². The minimum Gasteiger partial charge on any atom is -0.478 e. The lowest BCUT2D eigenvalue weighted by Crippen LogP contribution is -2.23. The van der Waals surface area contributed by atoms with Crippen LogP contribution >= 0.6 is 11.8 Å². The van der Waals surface area contributed by atoms with Gasteiger partial charge in [0.25, 0.3) is 0 Å². The number of hydrogen-bond acceptors (Lipinski definition) is 4. The lowest BCUT2D eigenvalue weighted by molar-refractivity contribution is -0.131. The lowest BCUT2D eigenvalue weighted by atomic mass is 10.2. The molecule has 1 rings (SSSR count). The van der Waals surface area contributed by atoms with Gasteiger partial charge in [-0.2, -0.15) is 16.9 Å². The monoisotopic (exact) mass is 269 g/mol. The number of hydrogen-bond donors (Lipinski definition) is 1. The number of aryl methyl sites for hydroxylation is 2. The van der Waals surface area contributed by atoms with Crippen molar-refractivity contribution in [1.29, 1.82) is 0 Å². The summed E-state index contributed by atoms with van der Waals surface area (Å²) in [6, 6.07) is 0. The first kappa shape index (κ1) is 14.6. The van der Waals surface area contributed by atoms with Gasteiger partial charge in [0.15, 0.2) is 0 Å². The Balaban J connectivity index is 3.05. The van der Waals surface area contributed by atoms with E-state index < -0.39 is 5.97 Å². The number of aromatic nitrogens is 2. The normalized spacial score (nSPS) is 11.1. The van der Waals surface area contributed by atoms with Crippen LogP contribution in [0.1, 0.15) is 11.3 Å². The third-order valence-electron chi connectivity index (χ3n) is 2.62. The Morgan fingerprint density at radius 2 is 2.28 bits per heavy atom. The van der Waals surface area contributed by atoms with Crippen molar-refractivity contribution >= 4 is 29.6 Å². The molecule has 0 atom stereocenters. The summed E-state index contributed by atoms with van der Waals surface area (Å²) in [5.74, 6) is 1.01.